The molecule has 0 spiro atoms. The van der Waals surface area contributed by atoms with E-state index in [2.05, 4.69) is 15.4 Å². The van der Waals surface area contributed by atoms with E-state index in [4.69, 9.17) is 4.74 Å². The molecule has 0 amide bonds. The Bertz CT molecular complexity index is 1010. The summed E-state index contributed by atoms with van der Waals surface area (Å²) in [6.45, 7) is 3.86. The third kappa shape index (κ3) is 3.67. The van der Waals surface area contributed by atoms with Crippen molar-refractivity contribution in [3.8, 4) is 11.4 Å². The number of methoxy groups -OCH3 is 1. The number of carbonyl (C=O) groups is 1. The maximum absolute atomic E-state index is 11.5. The summed E-state index contributed by atoms with van der Waals surface area (Å²) in [5.41, 5.74) is 2.53. The molecule has 0 aliphatic rings. The largest absolute Gasteiger partial charge is 0.494 e. The van der Waals surface area contributed by atoms with Gasteiger partial charge in [0.05, 0.1) is 12.8 Å². The molecule has 0 unspecified atom stereocenters. The number of nitrogens with zero attached hydrogens (tertiary/aromatic N) is 3. The van der Waals surface area contributed by atoms with Crippen LogP contribution in [0.2, 0.25) is 0 Å². The molecule has 0 aliphatic carbocycles. The van der Waals surface area contributed by atoms with E-state index in [0.29, 0.717) is 11.6 Å². The lowest BCUT2D eigenvalue weighted by Gasteiger charge is -2.15. The fourth-order valence-electron chi connectivity index (χ4n) is 2.78. The molecule has 7 nitrogen and oxygen atoms in total. The van der Waals surface area contributed by atoms with Crippen molar-refractivity contribution < 1.29 is 14.6 Å². The molecular weight excluding hydrogens is 344 g/mol. The number of ether oxygens (including phenoxy) is 1. The lowest BCUT2D eigenvalue weighted by Crippen LogP contribution is -2.09. The van der Waals surface area contributed by atoms with Gasteiger partial charge < -0.3 is 15.2 Å². The van der Waals surface area contributed by atoms with E-state index in [1.54, 1.807) is 17.9 Å². The van der Waals surface area contributed by atoms with Crippen molar-refractivity contribution >= 4 is 23.7 Å². The highest BCUT2D eigenvalue weighted by Crippen LogP contribution is 2.31. The summed E-state index contributed by atoms with van der Waals surface area (Å²) in [7, 11) is 1.60. The van der Waals surface area contributed by atoms with Crippen molar-refractivity contribution in [2.75, 3.05) is 12.4 Å². The number of rotatable bonds is 6. The lowest BCUT2D eigenvalue weighted by molar-refractivity contribution is 0.0697. The van der Waals surface area contributed by atoms with Crippen molar-refractivity contribution in [3.63, 3.8) is 0 Å². The zero-order valence-corrected chi connectivity index (χ0v) is 15.3. The van der Waals surface area contributed by atoms with Gasteiger partial charge in [-0.2, -0.15) is 5.10 Å². The van der Waals surface area contributed by atoms with Crippen LogP contribution in [0.25, 0.3) is 11.8 Å². The second kappa shape index (κ2) is 7.74. The van der Waals surface area contributed by atoms with Crippen LogP contribution in [0.5, 0.6) is 5.75 Å². The van der Waals surface area contributed by atoms with Gasteiger partial charge >= 0.3 is 5.97 Å². The van der Waals surface area contributed by atoms with Gasteiger partial charge in [-0.15, -0.1) is 0 Å². The van der Waals surface area contributed by atoms with Crippen LogP contribution < -0.4 is 10.1 Å². The number of aromatic nitrogens is 3. The van der Waals surface area contributed by atoms with Gasteiger partial charge in [0.25, 0.3) is 0 Å². The Balaban J connectivity index is 2.16. The van der Waals surface area contributed by atoms with Gasteiger partial charge in [0.15, 0.2) is 0 Å². The summed E-state index contributed by atoms with van der Waals surface area (Å²) < 4.78 is 7.20. The summed E-state index contributed by atoms with van der Waals surface area (Å²) in [6.07, 6.45) is 5.29. The second-order valence-corrected chi connectivity index (χ2v) is 5.82. The molecule has 0 aliphatic heterocycles. The average molecular weight is 364 g/mol. The van der Waals surface area contributed by atoms with Crippen LogP contribution >= 0.6 is 0 Å². The summed E-state index contributed by atoms with van der Waals surface area (Å²) in [5.74, 6) is 0.425. The smallest absolute Gasteiger partial charge is 0.339 e. The SMILES string of the molecule is C/C=C/c1cc(Nc2ncccc2C(=O)O)n(-c2c(C)cccc2OC)n1. The number of carboxylic acid groups (broad SMARTS) is 1. The van der Waals surface area contributed by atoms with Gasteiger partial charge in [-0.3, -0.25) is 0 Å². The van der Waals surface area contributed by atoms with Gasteiger partial charge in [0.2, 0.25) is 0 Å². The summed E-state index contributed by atoms with van der Waals surface area (Å²) in [4.78, 5) is 15.7. The molecule has 0 atom stereocenters. The Kier molecular flexibility index (Phi) is 5.21. The van der Waals surface area contributed by atoms with Crippen LogP contribution in [0.1, 0.15) is 28.5 Å². The van der Waals surface area contributed by atoms with Crippen molar-refractivity contribution in [1.29, 1.82) is 0 Å². The summed E-state index contributed by atoms with van der Waals surface area (Å²) >= 11 is 0. The standard InChI is InChI=1S/C20H20N4O3/c1-4-7-14-12-17(22-19-15(20(25)26)9-6-11-21-19)24(23-14)18-13(2)8-5-10-16(18)27-3/h4-12H,1-3H3,(H,21,22)(H,25,26)/b7-4+. The molecule has 2 heterocycles. The molecule has 2 aromatic heterocycles. The number of aryl methyl sites for hydroxylation is 1. The molecule has 3 rings (SSSR count). The third-order valence-corrected chi connectivity index (χ3v) is 3.98. The average Bonchev–Trinajstić information content (AvgIpc) is 3.04. The Hall–Kier alpha value is -3.61. The minimum absolute atomic E-state index is 0.0783. The van der Waals surface area contributed by atoms with Crippen LogP contribution in [0.15, 0.2) is 48.7 Å². The molecule has 138 valence electrons. The molecule has 7 heteroatoms. The molecule has 0 bridgehead atoms. The molecule has 0 saturated carbocycles. The maximum atomic E-state index is 11.5. The molecule has 1 aromatic carbocycles. The number of allylic oxidation sites excluding steroid dienone is 1. The Morgan fingerprint density at radius 3 is 2.81 bits per heavy atom. The molecule has 0 fully saturated rings. The Morgan fingerprint density at radius 2 is 2.11 bits per heavy atom. The van der Waals surface area contributed by atoms with Gasteiger partial charge in [-0.25, -0.2) is 14.5 Å². The quantitative estimate of drug-likeness (QED) is 0.686. The fourth-order valence-corrected chi connectivity index (χ4v) is 2.78. The Morgan fingerprint density at radius 1 is 1.30 bits per heavy atom. The highest BCUT2D eigenvalue weighted by atomic mass is 16.5. The van der Waals surface area contributed by atoms with Gasteiger partial charge in [0, 0.05) is 12.3 Å². The molecule has 2 N–H and O–H groups in total. The van der Waals surface area contributed by atoms with Crippen LogP contribution in [-0.2, 0) is 0 Å². The zero-order chi connectivity index (χ0) is 19.4. The fraction of sp³-hybridized carbons (Fsp3) is 0.150. The number of aromatic carboxylic acids is 1. The number of benzene rings is 1. The number of carboxylic acids is 1. The van der Waals surface area contributed by atoms with Gasteiger partial charge in [0.1, 0.15) is 28.6 Å². The van der Waals surface area contributed by atoms with E-state index in [1.165, 1.54) is 12.3 Å². The van der Waals surface area contributed by atoms with E-state index < -0.39 is 5.97 Å². The molecular formula is C20H20N4O3. The van der Waals surface area contributed by atoms with Crippen LogP contribution in [0.3, 0.4) is 0 Å². The minimum Gasteiger partial charge on any atom is -0.494 e. The molecule has 27 heavy (non-hydrogen) atoms. The number of hydrogen-bond acceptors (Lipinski definition) is 5. The topological polar surface area (TPSA) is 89.3 Å². The van der Waals surface area contributed by atoms with E-state index in [9.17, 15) is 9.90 Å². The first-order chi connectivity index (χ1) is 13.0. The normalized spacial score (nSPS) is 10.9. The van der Waals surface area contributed by atoms with Crippen LogP contribution in [-0.4, -0.2) is 33.0 Å². The van der Waals surface area contributed by atoms with Crippen molar-refractivity contribution in [2.24, 2.45) is 0 Å². The Labute approximate surface area is 156 Å². The highest BCUT2D eigenvalue weighted by Gasteiger charge is 2.18. The van der Waals surface area contributed by atoms with Crippen molar-refractivity contribution in [1.82, 2.24) is 14.8 Å². The zero-order valence-electron chi connectivity index (χ0n) is 15.3. The van der Waals surface area contributed by atoms with Gasteiger partial charge in [-0.05, 0) is 43.7 Å². The maximum Gasteiger partial charge on any atom is 0.339 e. The van der Waals surface area contributed by atoms with E-state index >= 15 is 0 Å². The van der Waals surface area contributed by atoms with Crippen molar-refractivity contribution in [2.45, 2.75) is 13.8 Å². The van der Waals surface area contributed by atoms with Gasteiger partial charge in [-0.1, -0.05) is 18.2 Å². The monoisotopic (exact) mass is 364 g/mol. The van der Waals surface area contributed by atoms with E-state index in [0.717, 1.165) is 16.9 Å². The highest BCUT2D eigenvalue weighted by molar-refractivity contribution is 5.93. The van der Waals surface area contributed by atoms with Crippen LogP contribution in [0, 0.1) is 6.92 Å². The minimum atomic E-state index is -1.06. The first-order valence-electron chi connectivity index (χ1n) is 8.37. The number of hydrogen-bond donors (Lipinski definition) is 2. The molecule has 0 radical (unpaired) electrons. The number of pyridine rings is 1. The first-order valence-corrected chi connectivity index (χ1v) is 8.37. The number of anilines is 2. The molecule has 3 aromatic rings. The summed E-state index contributed by atoms with van der Waals surface area (Å²) in [6, 6.07) is 10.6. The predicted molar refractivity (Wildman–Crippen MR) is 104 cm³/mol. The summed E-state index contributed by atoms with van der Waals surface area (Å²) in [5, 5.41) is 17.1. The second-order valence-electron chi connectivity index (χ2n) is 5.82. The van der Waals surface area contributed by atoms with E-state index in [-0.39, 0.29) is 11.4 Å². The predicted octanol–water partition coefficient (Wildman–Crippen LogP) is 4.06. The van der Waals surface area contributed by atoms with E-state index in [1.807, 2.05) is 50.3 Å². The molecule has 0 saturated heterocycles. The number of nitrogens with one attached hydrogen (secondary N) is 1. The number of para-hydroxylation sites is 1. The van der Waals surface area contributed by atoms with Crippen LogP contribution in [0.4, 0.5) is 11.6 Å². The first kappa shape index (κ1) is 18.2. The van der Waals surface area contributed by atoms with Crippen molar-refractivity contribution in [3.05, 3.63) is 65.5 Å². The lowest BCUT2D eigenvalue weighted by atomic mass is 10.2. The third-order valence-electron chi connectivity index (χ3n) is 3.98.